The number of halogens is 2. The number of carbonyl (C=O) groups excluding carboxylic acids is 2. The average molecular weight is 380 g/mol. The van der Waals surface area contributed by atoms with Gasteiger partial charge in [0, 0.05) is 4.47 Å². The molecule has 0 fully saturated rings. The number of ether oxygens (including phenoxy) is 1. The van der Waals surface area contributed by atoms with Crippen LogP contribution in [0.5, 0.6) is 0 Å². The summed E-state index contributed by atoms with van der Waals surface area (Å²) in [5, 5.41) is 2.71. The zero-order valence-corrected chi connectivity index (χ0v) is 14.0. The number of hydrogen-bond acceptors (Lipinski definition) is 3. The van der Waals surface area contributed by atoms with Gasteiger partial charge in [0.1, 0.15) is 5.82 Å². The maximum absolute atomic E-state index is 13.6. The lowest BCUT2D eigenvalue weighted by Gasteiger charge is -2.14. The van der Waals surface area contributed by atoms with Crippen LogP contribution in [0.1, 0.15) is 28.9 Å². The minimum absolute atomic E-state index is 0.218. The van der Waals surface area contributed by atoms with E-state index >= 15 is 0 Å². The molecule has 1 atom stereocenters. The summed E-state index contributed by atoms with van der Waals surface area (Å²) >= 11 is 3.15. The highest BCUT2D eigenvalue weighted by molar-refractivity contribution is 9.10. The van der Waals surface area contributed by atoms with E-state index in [9.17, 15) is 14.0 Å². The van der Waals surface area contributed by atoms with Crippen molar-refractivity contribution >= 4 is 27.8 Å². The zero-order valence-electron chi connectivity index (χ0n) is 12.4. The topological polar surface area (TPSA) is 55.4 Å². The highest BCUT2D eigenvalue weighted by atomic mass is 79.9. The standard InChI is InChI=1S/C17H15BrFNO3/c1-11(12-5-3-2-4-6-12)20-16(21)10-23-17(22)14-9-13(18)7-8-15(14)19/h2-9,11H,10H2,1H3,(H,20,21)/t11-/m1/s1. The molecule has 23 heavy (non-hydrogen) atoms. The molecule has 0 aliphatic carbocycles. The van der Waals surface area contributed by atoms with Crippen molar-refractivity contribution in [2.75, 3.05) is 6.61 Å². The Balaban J connectivity index is 1.89. The highest BCUT2D eigenvalue weighted by Crippen LogP contribution is 2.16. The van der Waals surface area contributed by atoms with E-state index in [-0.39, 0.29) is 11.6 Å². The summed E-state index contributed by atoms with van der Waals surface area (Å²) in [7, 11) is 0. The third kappa shape index (κ3) is 4.89. The quantitative estimate of drug-likeness (QED) is 0.807. The highest BCUT2D eigenvalue weighted by Gasteiger charge is 2.16. The van der Waals surface area contributed by atoms with Crippen LogP contribution in [0.15, 0.2) is 53.0 Å². The predicted molar refractivity (Wildman–Crippen MR) is 87.4 cm³/mol. The van der Waals surface area contributed by atoms with Crippen molar-refractivity contribution in [3.63, 3.8) is 0 Å². The minimum atomic E-state index is -0.883. The lowest BCUT2D eigenvalue weighted by atomic mass is 10.1. The number of hydrogen-bond donors (Lipinski definition) is 1. The molecule has 0 bridgehead atoms. The first kappa shape index (κ1) is 17.1. The third-order valence-electron chi connectivity index (χ3n) is 3.16. The van der Waals surface area contributed by atoms with E-state index in [1.54, 1.807) is 0 Å². The van der Waals surface area contributed by atoms with Crippen LogP contribution in [-0.4, -0.2) is 18.5 Å². The maximum Gasteiger partial charge on any atom is 0.341 e. The molecule has 0 unspecified atom stereocenters. The molecule has 0 saturated heterocycles. The van der Waals surface area contributed by atoms with E-state index in [0.29, 0.717) is 4.47 Å². The van der Waals surface area contributed by atoms with Gasteiger partial charge in [-0.1, -0.05) is 46.3 Å². The van der Waals surface area contributed by atoms with E-state index in [1.165, 1.54) is 12.1 Å². The second-order valence-electron chi connectivity index (χ2n) is 4.90. The van der Waals surface area contributed by atoms with Gasteiger partial charge in [0.05, 0.1) is 11.6 Å². The van der Waals surface area contributed by atoms with E-state index in [0.717, 1.165) is 11.6 Å². The summed E-state index contributed by atoms with van der Waals surface area (Å²) in [5.74, 6) is -2.03. The zero-order chi connectivity index (χ0) is 16.8. The van der Waals surface area contributed by atoms with Gasteiger partial charge in [-0.2, -0.15) is 0 Å². The number of rotatable bonds is 5. The van der Waals surface area contributed by atoms with Gasteiger partial charge in [0.15, 0.2) is 6.61 Å². The van der Waals surface area contributed by atoms with Crippen LogP contribution in [-0.2, 0) is 9.53 Å². The summed E-state index contributed by atoms with van der Waals surface area (Å²) in [6, 6.07) is 13.1. The molecule has 0 heterocycles. The van der Waals surface area contributed by atoms with Crippen LogP contribution in [0.3, 0.4) is 0 Å². The van der Waals surface area contributed by atoms with Crippen molar-refractivity contribution in [1.29, 1.82) is 0 Å². The third-order valence-corrected chi connectivity index (χ3v) is 3.65. The smallest absolute Gasteiger partial charge is 0.341 e. The van der Waals surface area contributed by atoms with Crippen LogP contribution < -0.4 is 5.32 Å². The lowest BCUT2D eigenvalue weighted by molar-refractivity contribution is -0.124. The van der Waals surface area contributed by atoms with Gasteiger partial charge in [-0.05, 0) is 30.7 Å². The second-order valence-corrected chi connectivity index (χ2v) is 5.82. The van der Waals surface area contributed by atoms with Crippen LogP contribution in [0, 0.1) is 5.82 Å². The van der Waals surface area contributed by atoms with Gasteiger partial charge in [-0.15, -0.1) is 0 Å². The van der Waals surface area contributed by atoms with Crippen molar-refractivity contribution in [2.24, 2.45) is 0 Å². The molecule has 0 radical (unpaired) electrons. The van der Waals surface area contributed by atoms with E-state index in [1.807, 2.05) is 37.3 Å². The number of carbonyl (C=O) groups is 2. The molecule has 0 aromatic heterocycles. The van der Waals surface area contributed by atoms with Crippen LogP contribution in [0.4, 0.5) is 4.39 Å². The van der Waals surface area contributed by atoms with E-state index < -0.39 is 24.3 Å². The van der Waals surface area contributed by atoms with Gasteiger partial charge in [0.25, 0.3) is 5.91 Å². The van der Waals surface area contributed by atoms with Crippen LogP contribution in [0.25, 0.3) is 0 Å². The summed E-state index contributed by atoms with van der Waals surface area (Å²) in [4.78, 5) is 23.6. The summed E-state index contributed by atoms with van der Waals surface area (Å²) in [5.41, 5.74) is 0.716. The van der Waals surface area contributed by atoms with Crippen molar-refractivity contribution in [3.8, 4) is 0 Å². The number of nitrogens with one attached hydrogen (secondary N) is 1. The van der Waals surface area contributed by atoms with Gasteiger partial charge >= 0.3 is 5.97 Å². The minimum Gasteiger partial charge on any atom is -0.452 e. The predicted octanol–water partition coefficient (Wildman–Crippen LogP) is 3.62. The fraction of sp³-hybridized carbons (Fsp3) is 0.176. The number of esters is 1. The largest absolute Gasteiger partial charge is 0.452 e. The molecule has 2 rings (SSSR count). The van der Waals surface area contributed by atoms with Gasteiger partial charge in [-0.25, -0.2) is 9.18 Å². The molecule has 2 aromatic rings. The fourth-order valence-electron chi connectivity index (χ4n) is 1.97. The molecule has 4 nitrogen and oxygen atoms in total. The Labute approximate surface area is 141 Å². The Morgan fingerprint density at radius 1 is 1.22 bits per heavy atom. The molecule has 120 valence electrons. The first-order valence-corrected chi connectivity index (χ1v) is 7.73. The SMILES string of the molecule is C[C@@H](NC(=O)COC(=O)c1cc(Br)ccc1F)c1ccccc1. The Morgan fingerprint density at radius 2 is 1.91 bits per heavy atom. The van der Waals surface area contributed by atoms with Crippen LogP contribution in [0.2, 0.25) is 0 Å². The van der Waals surface area contributed by atoms with Crippen molar-refractivity contribution < 1.29 is 18.7 Å². The van der Waals surface area contributed by atoms with Crippen molar-refractivity contribution in [1.82, 2.24) is 5.32 Å². The van der Waals surface area contributed by atoms with Crippen molar-refractivity contribution in [2.45, 2.75) is 13.0 Å². The summed E-state index contributed by atoms with van der Waals surface area (Å²) in [6.07, 6.45) is 0. The average Bonchev–Trinajstić information content (AvgIpc) is 2.55. The molecule has 0 aliphatic heterocycles. The Hall–Kier alpha value is -2.21. The Kier molecular flexibility index (Phi) is 5.87. The van der Waals surface area contributed by atoms with Crippen molar-refractivity contribution in [3.05, 3.63) is 69.9 Å². The molecule has 0 spiro atoms. The Morgan fingerprint density at radius 3 is 2.61 bits per heavy atom. The summed E-state index contributed by atoms with van der Waals surface area (Å²) in [6.45, 7) is 1.35. The molecule has 6 heteroatoms. The monoisotopic (exact) mass is 379 g/mol. The number of benzene rings is 2. The number of amides is 1. The molecule has 0 aliphatic rings. The van der Waals surface area contributed by atoms with Gasteiger partial charge in [-0.3, -0.25) is 4.79 Å². The molecule has 0 saturated carbocycles. The van der Waals surface area contributed by atoms with Gasteiger partial charge < -0.3 is 10.1 Å². The van der Waals surface area contributed by atoms with E-state index in [4.69, 9.17) is 4.74 Å². The Bertz CT molecular complexity index is 706. The molecular weight excluding hydrogens is 365 g/mol. The van der Waals surface area contributed by atoms with Crippen LogP contribution >= 0.6 is 15.9 Å². The summed E-state index contributed by atoms with van der Waals surface area (Å²) < 4.78 is 19.0. The normalized spacial score (nSPS) is 11.6. The first-order chi connectivity index (χ1) is 11.0. The molecule has 2 aromatic carbocycles. The lowest BCUT2D eigenvalue weighted by Crippen LogP contribution is -2.31. The molecule has 1 N–H and O–H groups in total. The van der Waals surface area contributed by atoms with E-state index in [2.05, 4.69) is 21.2 Å². The maximum atomic E-state index is 13.6. The van der Waals surface area contributed by atoms with Gasteiger partial charge in [0.2, 0.25) is 0 Å². The molecule has 1 amide bonds. The second kappa shape index (κ2) is 7.87. The molecular formula is C17H15BrFNO3. The first-order valence-electron chi connectivity index (χ1n) is 6.94. The fourth-order valence-corrected chi connectivity index (χ4v) is 2.33.